The zero-order valence-electron chi connectivity index (χ0n) is 15.2. The number of ether oxygens (including phenoxy) is 1. The number of thiophene rings is 1. The Morgan fingerprint density at radius 3 is 2.46 bits per heavy atom. The Morgan fingerprint density at radius 2 is 1.81 bits per heavy atom. The first-order chi connectivity index (χ1) is 12.6. The van der Waals surface area contributed by atoms with Crippen LogP contribution in [0.1, 0.15) is 33.1 Å². The third-order valence-corrected chi connectivity index (χ3v) is 6.27. The normalized spacial score (nSPS) is 20.5. The zero-order valence-corrected chi connectivity index (χ0v) is 16.8. The summed E-state index contributed by atoms with van der Waals surface area (Å²) in [6, 6.07) is 9.03. The number of anilines is 1. The second kappa shape index (κ2) is 7.05. The average molecular weight is 388 g/mol. The van der Waals surface area contributed by atoms with Crippen LogP contribution >= 0.6 is 22.9 Å². The number of nitrogens with zero attached hydrogens (tertiary/aromatic N) is 3. The number of rotatable bonds is 3. The minimum Gasteiger partial charge on any atom is -0.497 e. The van der Waals surface area contributed by atoms with Crippen molar-refractivity contribution in [1.29, 1.82) is 0 Å². The van der Waals surface area contributed by atoms with Gasteiger partial charge < -0.3 is 9.64 Å². The predicted octanol–water partition coefficient (Wildman–Crippen LogP) is 5.79. The molecule has 0 radical (unpaired) electrons. The van der Waals surface area contributed by atoms with Gasteiger partial charge in [-0.15, -0.1) is 11.3 Å². The Labute approximate surface area is 162 Å². The minimum atomic E-state index is 0.320. The molecule has 4 nitrogen and oxygen atoms in total. The van der Waals surface area contributed by atoms with Gasteiger partial charge >= 0.3 is 0 Å². The molecule has 4 rings (SSSR count). The van der Waals surface area contributed by atoms with Crippen molar-refractivity contribution in [3.05, 3.63) is 34.9 Å². The summed E-state index contributed by atoms with van der Waals surface area (Å²) >= 11 is 7.89. The number of hydrogen-bond donors (Lipinski definition) is 0. The van der Waals surface area contributed by atoms with Crippen molar-refractivity contribution in [2.24, 2.45) is 0 Å². The number of piperidine rings is 1. The molecule has 0 bridgehead atoms. The molecular formula is C20H22ClN3OS. The van der Waals surface area contributed by atoms with Crippen LogP contribution in [0.2, 0.25) is 5.28 Å². The number of aromatic nitrogens is 2. The van der Waals surface area contributed by atoms with Crippen molar-refractivity contribution < 1.29 is 4.74 Å². The summed E-state index contributed by atoms with van der Waals surface area (Å²) in [4.78, 5) is 12.5. The van der Waals surface area contributed by atoms with Gasteiger partial charge in [-0.3, -0.25) is 0 Å². The Bertz CT molecular complexity index is 915. The maximum Gasteiger partial charge on any atom is 0.225 e. The van der Waals surface area contributed by atoms with Crippen LogP contribution in [0.15, 0.2) is 29.6 Å². The Kier molecular flexibility index (Phi) is 4.76. The number of halogens is 1. The van der Waals surface area contributed by atoms with E-state index in [0.717, 1.165) is 32.9 Å². The fraction of sp³-hybridized carbons (Fsp3) is 0.400. The van der Waals surface area contributed by atoms with Crippen LogP contribution in [0.25, 0.3) is 21.3 Å². The smallest absolute Gasteiger partial charge is 0.225 e. The molecule has 2 unspecified atom stereocenters. The van der Waals surface area contributed by atoms with Gasteiger partial charge in [-0.25, -0.2) is 4.98 Å². The van der Waals surface area contributed by atoms with E-state index in [4.69, 9.17) is 16.3 Å². The summed E-state index contributed by atoms with van der Waals surface area (Å²) in [7, 11) is 1.68. The van der Waals surface area contributed by atoms with Gasteiger partial charge in [0.1, 0.15) is 16.4 Å². The molecule has 3 heterocycles. The molecule has 1 aliphatic heterocycles. The van der Waals surface area contributed by atoms with Crippen molar-refractivity contribution in [2.75, 3.05) is 12.0 Å². The minimum absolute atomic E-state index is 0.320. The van der Waals surface area contributed by atoms with Crippen LogP contribution in [0.5, 0.6) is 5.75 Å². The fourth-order valence-corrected chi connectivity index (χ4v) is 5.06. The molecule has 1 aliphatic rings. The number of methoxy groups -OCH3 is 1. The molecule has 136 valence electrons. The average Bonchev–Trinajstić information content (AvgIpc) is 3.05. The van der Waals surface area contributed by atoms with Crippen LogP contribution in [-0.4, -0.2) is 29.2 Å². The van der Waals surface area contributed by atoms with Gasteiger partial charge in [-0.05, 0) is 62.4 Å². The van der Waals surface area contributed by atoms with E-state index in [-0.39, 0.29) is 0 Å². The SMILES string of the molecule is COc1ccc(-c2csc3nc(Cl)nc(N4C(C)CCCC4C)c23)cc1. The first-order valence-corrected chi connectivity index (χ1v) is 10.2. The number of hydrogen-bond acceptors (Lipinski definition) is 5. The largest absolute Gasteiger partial charge is 0.497 e. The van der Waals surface area contributed by atoms with Crippen molar-refractivity contribution in [3.8, 4) is 16.9 Å². The Morgan fingerprint density at radius 1 is 1.12 bits per heavy atom. The van der Waals surface area contributed by atoms with E-state index in [1.807, 2.05) is 12.1 Å². The molecule has 6 heteroatoms. The van der Waals surface area contributed by atoms with Gasteiger partial charge in [0.05, 0.1) is 12.5 Å². The molecule has 1 saturated heterocycles. The molecule has 26 heavy (non-hydrogen) atoms. The highest BCUT2D eigenvalue weighted by Gasteiger charge is 2.29. The molecule has 0 N–H and O–H groups in total. The topological polar surface area (TPSA) is 38.3 Å². The number of benzene rings is 1. The molecule has 0 amide bonds. The van der Waals surface area contributed by atoms with E-state index in [1.165, 1.54) is 19.3 Å². The van der Waals surface area contributed by atoms with Crippen LogP contribution in [-0.2, 0) is 0 Å². The van der Waals surface area contributed by atoms with Gasteiger partial charge in [-0.1, -0.05) is 12.1 Å². The predicted molar refractivity (Wildman–Crippen MR) is 110 cm³/mol. The van der Waals surface area contributed by atoms with Crippen molar-refractivity contribution >= 4 is 39.0 Å². The second-order valence-corrected chi connectivity index (χ2v) is 8.11. The molecule has 3 aromatic rings. The number of fused-ring (bicyclic) bond motifs is 1. The lowest BCUT2D eigenvalue weighted by atomic mass is 9.96. The highest BCUT2D eigenvalue weighted by molar-refractivity contribution is 7.17. The van der Waals surface area contributed by atoms with Gasteiger partial charge in [0.2, 0.25) is 5.28 Å². The van der Waals surface area contributed by atoms with Crippen molar-refractivity contribution in [2.45, 2.75) is 45.2 Å². The lowest BCUT2D eigenvalue weighted by molar-refractivity contribution is 0.412. The van der Waals surface area contributed by atoms with Gasteiger partial charge in [0.25, 0.3) is 0 Å². The van der Waals surface area contributed by atoms with Gasteiger partial charge in [0.15, 0.2) is 0 Å². The molecular weight excluding hydrogens is 366 g/mol. The molecule has 2 atom stereocenters. The van der Waals surface area contributed by atoms with Crippen LogP contribution in [0.3, 0.4) is 0 Å². The summed E-state index contributed by atoms with van der Waals surface area (Å²) < 4.78 is 5.29. The summed E-state index contributed by atoms with van der Waals surface area (Å²) in [5, 5.41) is 3.58. The van der Waals surface area contributed by atoms with E-state index < -0.39 is 0 Å². The van der Waals surface area contributed by atoms with Crippen LogP contribution in [0, 0.1) is 0 Å². The molecule has 1 aromatic carbocycles. The standard InChI is InChI=1S/C20H22ClN3OS/c1-12-5-4-6-13(2)24(12)18-17-16(11-26-19(17)23-20(21)22-18)14-7-9-15(25-3)10-8-14/h7-13H,4-6H2,1-3H3. The maximum atomic E-state index is 6.27. The van der Waals surface area contributed by atoms with Crippen LogP contribution < -0.4 is 9.64 Å². The Hall–Kier alpha value is -1.85. The molecule has 0 aliphatic carbocycles. The summed E-state index contributed by atoms with van der Waals surface area (Å²) in [5.74, 6) is 1.82. The van der Waals surface area contributed by atoms with Crippen molar-refractivity contribution in [1.82, 2.24) is 9.97 Å². The lowest BCUT2D eigenvalue weighted by Crippen LogP contribution is -2.44. The molecule has 0 spiro atoms. The monoisotopic (exact) mass is 387 g/mol. The van der Waals surface area contributed by atoms with Crippen LogP contribution in [0.4, 0.5) is 5.82 Å². The summed E-state index contributed by atoms with van der Waals surface area (Å²) in [5.41, 5.74) is 2.30. The van der Waals surface area contributed by atoms with E-state index >= 15 is 0 Å². The lowest BCUT2D eigenvalue weighted by Gasteiger charge is -2.40. The third-order valence-electron chi connectivity index (χ3n) is 5.23. The molecule has 0 saturated carbocycles. The van der Waals surface area contributed by atoms with Gasteiger partial charge in [0, 0.05) is 23.0 Å². The second-order valence-electron chi connectivity index (χ2n) is 6.91. The van der Waals surface area contributed by atoms with Crippen molar-refractivity contribution in [3.63, 3.8) is 0 Å². The molecule has 2 aromatic heterocycles. The van der Waals surface area contributed by atoms with E-state index in [2.05, 4.69) is 46.2 Å². The summed E-state index contributed by atoms with van der Waals surface area (Å²) in [6.45, 7) is 4.55. The highest BCUT2D eigenvalue weighted by Crippen LogP contribution is 2.41. The fourth-order valence-electron chi connectivity index (χ4n) is 3.91. The molecule has 1 fully saturated rings. The Balaban J connectivity index is 1.90. The van der Waals surface area contributed by atoms with E-state index in [0.29, 0.717) is 17.4 Å². The first kappa shape index (κ1) is 17.6. The van der Waals surface area contributed by atoms with E-state index in [1.54, 1.807) is 18.4 Å². The maximum absolute atomic E-state index is 6.27. The summed E-state index contributed by atoms with van der Waals surface area (Å²) in [6.07, 6.45) is 3.61. The van der Waals surface area contributed by atoms with Gasteiger partial charge in [-0.2, -0.15) is 4.98 Å². The zero-order chi connectivity index (χ0) is 18.3. The quantitative estimate of drug-likeness (QED) is 0.533. The highest BCUT2D eigenvalue weighted by atomic mass is 35.5. The third kappa shape index (κ3) is 3.03. The first-order valence-electron chi connectivity index (χ1n) is 8.96. The van der Waals surface area contributed by atoms with E-state index in [9.17, 15) is 0 Å².